The van der Waals surface area contributed by atoms with Crippen LogP contribution < -0.4 is 4.74 Å². The summed E-state index contributed by atoms with van der Waals surface area (Å²) in [7, 11) is 1.56. The molecule has 0 aliphatic rings. The Morgan fingerprint density at radius 1 is 1.32 bits per heavy atom. The molecule has 0 aliphatic heterocycles. The predicted octanol–water partition coefficient (Wildman–Crippen LogP) is 3.93. The highest BCUT2D eigenvalue weighted by molar-refractivity contribution is 6.70. The maximum Gasteiger partial charge on any atom is 0.257 e. The average Bonchev–Trinajstić information content (AvgIpc) is 2.38. The Hall–Kier alpha value is -1.61. The third-order valence-corrected chi connectivity index (χ3v) is 2.90. The number of carbonyl (C=O) groups is 1. The van der Waals surface area contributed by atoms with Crippen LogP contribution in [0.15, 0.2) is 40.9 Å². The summed E-state index contributed by atoms with van der Waals surface area (Å²) in [5.74, 6) is 1.31. The lowest BCUT2D eigenvalue weighted by molar-refractivity contribution is -0.108. The minimum absolute atomic E-state index is 0.222. The third kappa shape index (κ3) is 4.21. The van der Waals surface area contributed by atoms with Gasteiger partial charge in [-0.15, -0.1) is 0 Å². The first-order chi connectivity index (χ1) is 8.99. The molecule has 3 nitrogen and oxygen atoms in total. The zero-order valence-electron chi connectivity index (χ0n) is 11.6. The molecule has 0 fully saturated rings. The van der Waals surface area contributed by atoms with E-state index in [0.717, 1.165) is 0 Å². The molecule has 1 rings (SSSR count). The smallest absolute Gasteiger partial charge is 0.257 e. The first kappa shape index (κ1) is 15.4. The molecule has 0 radical (unpaired) electrons. The molecule has 0 spiro atoms. The van der Waals surface area contributed by atoms with Crippen LogP contribution in [0.2, 0.25) is 0 Å². The van der Waals surface area contributed by atoms with E-state index in [1.165, 1.54) is 5.56 Å². The number of nitrogens with zero attached hydrogens (tertiary/aromatic N) is 1. The van der Waals surface area contributed by atoms with E-state index >= 15 is 0 Å². The minimum atomic E-state index is -0.582. The summed E-state index contributed by atoms with van der Waals surface area (Å²) in [6.45, 7) is 5.96. The van der Waals surface area contributed by atoms with Crippen molar-refractivity contribution in [3.05, 3.63) is 41.5 Å². The van der Waals surface area contributed by atoms with Crippen LogP contribution in [0.4, 0.5) is 0 Å². The number of hydrogen-bond donors (Lipinski definition) is 0. The number of hydrogen-bond acceptors (Lipinski definition) is 3. The fraction of sp³-hybridized carbons (Fsp3) is 0.333. The van der Waals surface area contributed by atoms with E-state index in [9.17, 15) is 4.79 Å². The second-order valence-electron chi connectivity index (χ2n) is 4.33. The quantitative estimate of drug-likeness (QED) is 0.362. The van der Waals surface area contributed by atoms with Crippen LogP contribution in [0, 0.1) is 0 Å². The van der Waals surface area contributed by atoms with Crippen LogP contribution in [0.5, 0.6) is 5.75 Å². The highest BCUT2D eigenvalue weighted by atomic mass is 35.5. The zero-order valence-corrected chi connectivity index (χ0v) is 12.4. The lowest BCUT2D eigenvalue weighted by Crippen LogP contribution is -2.15. The number of carbonyl (C=O) groups excluding carboxylic acids is 1. The topological polar surface area (TPSA) is 38.7 Å². The van der Waals surface area contributed by atoms with Gasteiger partial charge in [-0.1, -0.05) is 32.1 Å². The second kappa shape index (κ2) is 7.10. The molecule has 0 heterocycles. The van der Waals surface area contributed by atoms with Gasteiger partial charge in [-0.25, -0.2) is 0 Å². The summed E-state index contributed by atoms with van der Waals surface area (Å²) in [6, 6.07) is 7.69. The molecule has 0 amide bonds. The van der Waals surface area contributed by atoms with Gasteiger partial charge in [-0.05, 0) is 42.1 Å². The van der Waals surface area contributed by atoms with E-state index in [1.807, 2.05) is 24.3 Å². The number of ether oxygens (including phenoxy) is 1. The maximum absolute atomic E-state index is 11.2. The van der Waals surface area contributed by atoms with Gasteiger partial charge in [0.25, 0.3) is 5.24 Å². The molecule has 1 aromatic carbocycles. The van der Waals surface area contributed by atoms with Gasteiger partial charge in [-0.2, -0.15) is 0 Å². The lowest BCUT2D eigenvalue weighted by Gasteiger charge is -2.10. The van der Waals surface area contributed by atoms with Crippen LogP contribution in [-0.2, 0) is 4.79 Å². The summed E-state index contributed by atoms with van der Waals surface area (Å²) in [6.07, 6.45) is 1.58. The van der Waals surface area contributed by atoms with Crippen LogP contribution in [0.25, 0.3) is 0 Å². The van der Waals surface area contributed by atoms with Crippen molar-refractivity contribution in [1.82, 2.24) is 0 Å². The van der Waals surface area contributed by atoms with E-state index in [1.54, 1.807) is 20.0 Å². The van der Waals surface area contributed by atoms with Crippen molar-refractivity contribution < 1.29 is 9.53 Å². The summed E-state index contributed by atoms with van der Waals surface area (Å²) >= 11 is 5.48. The second-order valence-corrected chi connectivity index (χ2v) is 4.67. The van der Waals surface area contributed by atoms with Gasteiger partial charge in [0, 0.05) is 7.05 Å². The lowest BCUT2D eigenvalue weighted by atomic mass is 10.0. The molecular formula is C15H18ClNO2. The summed E-state index contributed by atoms with van der Waals surface area (Å²) in [4.78, 5) is 15.2. The van der Waals surface area contributed by atoms with Crippen LogP contribution in [0.3, 0.4) is 0 Å². The van der Waals surface area contributed by atoms with Gasteiger partial charge in [-0.3, -0.25) is 9.79 Å². The van der Waals surface area contributed by atoms with E-state index in [4.69, 9.17) is 16.3 Å². The van der Waals surface area contributed by atoms with E-state index in [-0.39, 0.29) is 11.5 Å². The molecule has 0 N–H and O–H groups in total. The zero-order chi connectivity index (χ0) is 14.4. The highest BCUT2D eigenvalue weighted by Gasteiger charge is 2.15. The van der Waals surface area contributed by atoms with Gasteiger partial charge < -0.3 is 4.74 Å². The minimum Gasteiger partial charge on any atom is -0.439 e. The fourth-order valence-electron chi connectivity index (χ4n) is 1.57. The predicted molar refractivity (Wildman–Crippen MR) is 79.1 cm³/mol. The molecule has 0 bridgehead atoms. The maximum atomic E-state index is 11.2. The summed E-state index contributed by atoms with van der Waals surface area (Å²) in [5.41, 5.74) is 1.49. The number of rotatable bonds is 4. The van der Waals surface area contributed by atoms with Gasteiger partial charge in [0.15, 0.2) is 0 Å². The summed E-state index contributed by atoms with van der Waals surface area (Å²) < 4.78 is 5.59. The van der Waals surface area contributed by atoms with E-state index in [0.29, 0.717) is 11.7 Å². The third-order valence-electron chi connectivity index (χ3n) is 2.70. The summed E-state index contributed by atoms with van der Waals surface area (Å²) in [5, 5.41) is -0.582. The Morgan fingerprint density at radius 2 is 1.89 bits per heavy atom. The van der Waals surface area contributed by atoms with E-state index < -0.39 is 5.24 Å². The molecule has 0 unspecified atom stereocenters. The first-order valence-corrected chi connectivity index (χ1v) is 6.48. The Bertz CT molecular complexity index is 501. The number of aliphatic imine (C=N–C) groups is 1. The average molecular weight is 280 g/mol. The van der Waals surface area contributed by atoms with Crippen LogP contribution in [0.1, 0.15) is 32.3 Å². The van der Waals surface area contributed by atoms with Crippen molar-refractivity contribution in [2.45, 2.75) is 26.7 Å². The van der Waals surface area contributed by atoms with Crippen molar-refractivity contribution >= 4 is 22.7 Å². The molecule has 4 heteroatoms. The van der Waals surface area contributed by atoms with Crippen LogP contribution >= 0.6 is 11.6 Å². The van der Waals surface area contributed by atoms with Gasteiger partial charge in [0.2, 0.25) is 5.90 Å². The molecule has 19 heavy (non-hydrogen) atoms. The normalized spacial score (nSPS) is 12.7. The van der Waals surface area contributed by atoms with Crippen molar-refractivity contribution in [1.29, 1.82) is 0 Å². The molecule has 102 valence electrons. The van der Waals surface area contributed by atoms with Crippen molar-refractivity contribution in [2.75, 3.05) is 7.05 Å². The standard InChI is InChI=1S/C15H18ClNO2/c1-5-13(14(16)18)15(17-4)19-12-8-6-11(7-9-12)10(2)3/h5-10H,1-4H3/b13-5-,17-15+. The molecule has 0 saturated carbocycles. The number of allylic oxidation sites excluding steroid dienone is 1. The number of halogens is 1. The van der Waals surface area contributed by atoms with Crippen molar-refractivity contribution in [3.63, 3.8) is 0 Å². The van der Waals surface area contributed by atoms with Crippen molar-refractivity contribution in [2.24, 2.45) is 4.99 Å². The largest absolute Gasteiger partial charge is 0.439 e. The van der Waals surface area contributed by atoms with Crippen LogP contribution in [-0.4, -0.2) is 18.2 Å². The molecule has 1 aromatic rings. The van der Waals surface area contributed by atoms with E-state index in [2.05, 4.69) is 18.8 Å². The Kier molecular flexibility index (Phi) is 5.77. The van der Waals surface area contributed by atoms with Gasteiger partial charge in [0.05, 0.1) is 5.57 Å². The monoisotopic (exact) mass is 279 g/mol. The Morgan fingerprint density at radius 3 is 2.26 bits per heavy atom. The first-order valence-electron chi connectivity index (χ1n) is 6.10. The Labute approximate surface area is 118 Å². The molecular weight excluding hydrogens is 262 g/mol. The van der Waals surface area contributed by atoms with Crippen molar-refractivity contribution in [3.8, 4) is 5.75 Å². The highest BCUT2D eigenvalue weighted by Crippen LogP contribution is 2.20. The molecule has 0 aromatic heterocycles. The van der Waals surface area contributed by atoms with Gasteiger partial charge >= 0.3 is 0 Å². The van der Waals surface area contributed by atoms with Gasteiger partial charge in [0.1, 0.15) is 5.75 Å². The fourth-order valence-corrected chi connectivity index (χ4v) is 1.76. The SMILES string of the molecule is C/C=C(C(=O)Cl)\C(=N/C)Oc1ccc(C(C)C)cc1. The molecule has 0 atom stereocenters. The molecule has 0 aliphatic carbocycles. The molecule has 0 saturated heterocycles. The number of benzene rings is 1. The Balaban J connectivity index is 2.91.